The lowest BCUT2D eigenvalue weighted by Gasteiger charge is -2.12. The van der Waals surface area contributed by atoms with Crippen molar-refractivity contribution < 1.29 is 19.4 Å². The summed E-state index contributed by atoms with van der Waals surface area (Å²) in [6.07, 6.45) is 0. The minimum Gasteiger partial charge on any atom is -0.484 e. The van der Waals surface area contributed by atoms with Gasteiger partial charge in [0.05, 0.1) is 11.6 Å². The van der Waals surface area contributed by atoms with Gasteiger partial charge in [-0.25, -0.2) is 4.79 Å². The zero-order valence-electron chi connectivity index (χ0n) is 11.4. The molecule has 0 aliphatic carbocycles. The monoisotopic (exact) mass is 305 g/mol. The fourth-order valence-corrected chi connectivity index (χ4v) is 2.47. The highest BCUT2D eigenvalue weighted by Crippen LogP contribution is 2.18. The van der Waals surface area contributed by atoms with Gasteiger partial charge in [0.15, 0.2) is 6.61 Å². The minimum absolute atomic E-state index is 0.0597. The average molecular weight is 305 g/mol. The topological polar surface area (TPSA) is 75.6 Å². The van der Waals surface area contributed by atoms with Crippen molar-refractivity contribution in [2.24, 2.45) is 0 Å². The maximum absolute atomic E-state index is 11.8. The third kappa shape index (κ3) is 4.32. The van der Waals surface area contributed by atoms with E-state index in [-0.39, 0.29) is 24.1 Å². The Labute approximate surface area is 126 Å². The van der Waals surface area contributed by atoms with Gasteiger partial charge in [-0.2, -0.15) is 0 Å². The Morgan fingerprint density at radius 1 is 1.29 bits per heavy atom. The van der Waals surface area contributed by atoms with Crippen molar-refractivity contribution in [2.45, 2.75) is 13.0 Å². The van der Waals surface area contributed by atoms with E-state index in [4.69, 9.17) is 9.84 Å². The SMILES string of the molecule is CC(NC(=O)COc1ccc(C(=O)O)cc1)c1cccs1. The van der Waals surface area contributed by atoms with E-state index in [1.165, 1.54) is 24.3 Å². The molecule has 1 heterocycles. The fraction of sp³-hybridized carbons (Fsp3) is 0.200. The van der Waals surface area contributed by atoms with E-state index >= 15 is 0 Å². The summed E-state index contributed by atoms with van der Waals surface area (Å²) >= 11 is 1.58. The number of carboxylic acids is 1. The van der Waals surface area contributed by atoms with Crippen LogP contribution >= 0.6 is 11.3 Å². The number of hydrogen-bond acceptors (Lipinski definition) is 4. The molecule has 0 saturated carbocycles. The molecule has 1 aromatic heterocycles. The summed E-state index contributed by atoms with van der Waals surface area (Å²) in [5.41, 5.74) is 0.179. The summed E-state index contributed by atoms with van der Waals surface area (Å²) in [4.78, 5) is 23.6. The summed E-state index contributed by atoms with van der Waals surface area (Å²) in [7, 11) is 0. The van der Waals surface area contributed by atoms with E-state index in [0.29, 0.717) is 5.75 Å². The second-order valence-corrected chi connectivity index (χ2v) is 5.40. The third-order valence-corrected chi connectivity index (χ3v) is 3.87. The summed E-state index contributed by atoms with van der Waals surface area (Å²) < 4.78 is 5.32. The summed E-state index contributed by atoms with van der Waals surface area (Å²) in [5.74, 6) is -0.763. The molecular weight excluding hydrogens is 290 g/mol. The summed E-state index contributed by atoms with van der Waals surface area (Å²) in [6.45, 7) is 1.80. The molecule has 2 N–H and O–H groups in total. The highest BCUT2D eigenvalue weighted by Gasteiger charge is 2.11. The minimum atomic E-state index is -0.996. The first-order chi connectivity index (χ1) is 10.1. The molecule has 6 heteroatoms. The zero-order valence-corrected chi connectivity index (χ0v) is 12.2. The van der Waals surface area contributed by atoms with Crippen LogP contribution in [0.4, 0.5) is 0 Å². The van der Waals surface area contributed by atoms with Crippen molar-refractivity contribution in [3.63, 3.8) is 0 Å². The van der Waals surface area contributed by atoms with Gasteiger partial charge in [0.25, 0.3) is 5.91 Å². The Morgan fingerprint density at radius 3 is 2.57 bits per heavy atom. The molecule has 2 aromatic rings. The molecule has 1 atom stereocenters. The molecule has 0 aliphatic heterocycles. The van der Waals surface area contributed by atoms with Crippen molar-refractivity contribution in [3.05, 3.63) is 52.2 Å². The number of rotatable bonds is 6. The van der Waals surface area contributed by atoms with Crippen molar-refractivity contribution in [3.8, 4) is 5.75 Å². The van der Waals surface area contributed by atoms with Crippen molar-refractivity contribution in [1.29, 1.82) is 0 Å². The maximum Gasteiger partial charge on any atom is 0.335 e. The number of carboxylic acid groups (broad SMARTS) is 1. The first kappa shape index (κ1) is 15.1. The number of carbonyl (C=O) groups is 2. The number of ether oxygens (including phenoxy) is 1. The number of aromatic carboxylic acids is 1. The van der Waals surface area contributed by atoms with Gasteiger partial charge in [0, 0.05) is 4.88 Å². The van der Waals surface area contributed by atoms with Gasteiger partial charge < -0.3 is 15.2 Å². The number of thiophene rings is 1. The Bertz CT molecular complexity index is 607. The van der Waals surface area contributed by atoms with E-state index < -0.39 is 5.97 Å². The van der Waals surface area contributed by atoms with Crippen LogP contribution in [0, 0.1) is 0 Å². The first-order valence-electron chi connectivity index (χ1n) is 6.35. The largest absolute Gasteiger partial charge is 0.484 e. The molecule has 0 saturated heterocycles. The molecule has 5 nitrogen and oxygen atoms in total. The van der Waals surface area contributed by atoms with Crippen LogP contribution in [-0.4, -0.2) is 23.6 Å². The van der Waals surface area contributed by atoms with Gasteiger partial charge in [-0.05, 0) is 42.6 Å². The Hall–Kier alpha value is -2.34. The number of hydrogen-bond donors (Lipinski definition) is 2. The molecule has 1 unspecified atom stereocenters. The smallest absolute Gasteiger partial charge is 0.335 e. The van der Waals surface area contributed by atoms with Crippen molar-refractivity contribution in [2.75, 3.05) is 6.61 Å². The van der Waals surface area contributed by atoms with E-state index in [2.05, 4.69) is 5.32 Å². The zero-order chi connectivity index (χ0) is 15.2. The molecule has 0 bridgehead atoms. The van der Waals surface area contributed by atoms with Crippen molar-refractivity contribution >= 4 is 23.2 Å². The van der Waals surface area contributed by atoms with Crippen LogP contribution in [0.5, 0.6) is 5.75 Å². The molecule has 21 heavy (non-hydrogen) atoms. The van der Waals surface area contributed by atoms with E-state index in [9.17, 15) is 9.59 Å². The molecule has 0 fully saturated rings. The lowest BCUT2D eigenvalue weighted by Crippen LogP contribution is -2.30. The Morgan fingerprint density at radius 2 is 2.00 bits per heavy atom. The normalized spacial score (nSPS) is 11.7. The predicted octanol–water partition coefficient (Wildman–Crippen LogP) is 2.70. The second-order valence-electron chi connectivity index (χ2n) is 4.42. The molecule has 0 aliphatic rings. The van der Waals surface area contributed by atoms with Gasteiger partial charge in [0.1, 0.15) is 5.75 Å². The summed E-state index contributed by atoms with van der Waals surface area (Å²) in [6, 6.07) is 9.76. The molecule has 0 spiro atoms. The molecule has 1 aromatic carbocycles. The number of benzene rings is 1. The van der Waals surface area contributed by atoms with Gasteiger partial charge in [-0.1, -0.05) is 6.07 Å². The average Bonchev–Trinajstić information content (AvgIpc) is 3.00. The van der Waals surface area contributed by atoms with Crippen LogP contribution in [0.1, 0.15) is 28.2 Å². The standard InChI is InChI=1S/C15H15NO4S/c1-10(13-3-2-8-21-13)16-14(17)9-20-12-6-4-11(5-7-12)15(18)19/h2-8,10H,9H2,1H3,(H,16,17)(H,18,19). The van der Waals surface area contributed by atoms with Crippen LogP contribution in [0.3, 0.4) is 0 Å². The van der Waals surface area contributed by atoms with Crippen molar-refractivity contribution in [1.82, 2.24) is 5.32 Å². The predicted molar refractivity (Wildman–Crippen MR) is 79.8 cm³/mol. The van der Waals surface area contributed by atoms with Crippen LogP contribution < -0.4 is 10.1 Å². The molecule has 110 valence electrons. The lowest BCUT2D eigenvalue weighted by atomic mass is 10.2. The fourth-order valence-electron chi connectivity index (χ4n) is 1.73. The molecule has 1 amide bonds. The highest BCUT2D eigenvalue weighted by molar-refractivity contribution is 7.10. The van der Waals surface area contributed by atoms with Crippen LogP contribution in [0.15, 0.2) is 41.8 Å². The van der Waals surface area contributed by atoms with E-state index in [0.717, 1.165) is 4.88 Å². The number of amides is 1. The second kappa shape index (κ2) is 6.90. The van der Waals surface area contributed by atoms with Crippen LogP contribution in [0.25, 0.3) is 0 Å². The van der Waals surface area contributed by atoms with Crippen LogP contribution in [-0.2, 0) is 4.79 Å². The lowest BCUT2D eigenvalue weighted by molar-refractivity contribution is -0.123. The molecular formula is C15H15NO4S. The maximum atomic E-state index is 11.8. The third-order valence-electron chi connectivity index (χ3n) is 2.82. The van der Waals surface area contributed by atoms with E-state index in [1.54, 1.807) is 11.3 Å². The summed E-state index contributed by atoms with van der Waals surface area (Å²) in [5, 5.41) is 13.6. The van der Waals surface area contributed by atoms with Gasteiger partial charge in [0.2, 0.25) is 0 Å². The van der Waals surface area contributed by atoms with Gasteiger partial charge >= 0.3 is 5.97 Å². The Kier molecular flexibility index (Phi) is 4.94. The quantitative estimate of drug-likeness (QED) is 0.860. The molecule has 2 rings (SSSR count). The van der Waals surface area contributed by atoms with Gasteiger partial charge in [-0.3, -0.25) is 4.79 Å². The van der Waals surface area contributed by atoms with Gasteiger partial charge in [-0.15, -0.1) is 11.3 Å². The first-order valence-corrected chi connectivity index (χ1v) is 7.23. The molecule has 0 radical (unpaired) electrons. The Balaban J connectivity index is 1.82. The number of nitrogens with one attached hydrogen (secondary N) is 1. The number of carbonyl (C=O) groups excluding carboxylic acids is 1. The highest BCUT2D eigenvalue weighted by atomic mass is 32.1. The van der Waals surface area contributed by atoms with Crippen LogP contribution in [0.2, 0.25) is 0 Å². The van der Waals surface area contributed by atoms with E-state index in [1.807, 2.05) is 24.4 Å².